The van der Waals surface area contributed by atoms with Crippen molar-refractivity contribution in [3.05, 3.63) is 40.7 Å². The molecule has 0 radical (unpaired) electrons. The van der Waals surface area contributed by atoms with Gasteiger partial charge in [0.15, 0.2) is 0 Å². The van der Waals surface area contributed by atoms with Gasteiger partial charge in [0.05, 0.1) is 5.69 Å². The lowest BCUT2D eigenvalue weighted by Gasteiger charge is -2.04. The third-order valence-electron chi connectivity index (χ3n) is 2.73. The fourth-order valence-corrected chi connectivity index (χ4v) is 2.06. The van der Waals surface area contributed by atoms with Crippen molar-refractivity contribution in [1.29, 1.82) is 0 Å². The number of aryl methyl sites for hydroxylation is 2. The van der Waals surface area contributed by atoms with E-state index in [0.717, 1.165) is 22.4 Å². The summed E-state index contributed by atoms with van der Waals surface area (Å²) in [5, 5.41) is 13.6. The highest BCUT2D eigenvalue weighted by molar-refractivity contribution is 6.30. The third-order valence-corrected chi connectivity index (χ3v) is 2.97. The van der Waals surface area contributed by atoms with Gasteiger partial charge in [-0.25, -0.2) is 0 Å². The number of hydrogen-bond acceptors (Lipinski definition) is 2. The molecule has 1 heterocycles. The molecule has 0 fully saturated rings. The van der Waals surface area contributed by atoms with E-state index < -0.39 is 5.97 Å². The molecule has 0 aliphatic carbocycles. The molecule has 1 aromatic heterocycles. The van der Waals surface area contributed by atoms with Crippen LogP contribution in [0.5, 0.6) is 0 Å². The Balaban J connectivity index is 2.47. The number of rotatable bonds is 3. The molecule has 1 N–H and O–H groups in total. The van der Waals surface area contributed by atoms with Crippen molar-refractivity contribution < 1.29 is 9.90 Å². The van der Waals surface area contributed by atoms with Gasteiger partial charge in [-0.05, 0) is 37.1 Å². The summed E-state index contributed by atoms with van der Waals surface area (Å²) in [7, 11) is 0. The molecule has 0 saturated heterocycles. The van der Waals surface area contributed by atoms with Crippen molar-refractivity contribution in [3.8, 4) is 11.1 Å². The molecular weight excluding hydrogens is 252 g/mol. The van der Waals surface area contributed by atoms with Gasteiger partial charge in [-0.1, -0.05) is 17.7 Å². The predicted octanol–water partition coefficient (Wildman–Crippen LogP) is 2.90. The lowest BCUT2D eigenvalue weighted by molar-refractivity contribution is -0.137. The van der Waals surface area contributed by atoms with Crippen LogP contribution in [0.2, 0.25) is 5.02 Å². The lowest BCUT2D eigenvalue weighted by atomic mass is 10.0. The van der Waals surface area contributed by atoms with Crippen LogP contribution in [0.4, 0.5) is 0 Å². The van der Waals surface area contributed by atoms with Crippen LogP contribution in [-0.4, -0.2) is 20.9 Å². The van der Waals surface area contributed by atoms with Crippen LogP contribution in [0, 0.1) is 13.8 Å². The second-order valence-corrected chi connectivity index (χ2v) is 4.62. The zero-order chi connectivity index (χ0) is 13.3. The van der Waals surface area contributed by atoms with Gasteiger partial charge in [-0.2, -0.15) is 5.10 Å². The summed E-state index contributed by atoms with van der Waals surface area (Å²) in [4.78, 5) is 10.7. The van der Waals surface area contributed by atoms with Gasteiger partial charge in [-0.15, -0.1) is 0 Å². The van der Waals surface area contributed by atoms with Crippen molar-refractivity contribution in [3.63, 3.8) is 0 Å². The van der Waals surface area contributed by atoms with Crippen LogP contribution in [0.1, 0.15) is 11.3 Å². The van der Waals surface area contributed by atoms with Gasteiger partial charge in [0.25, 0.3) is 0 Å². The Morgan fingerprint density at radius 2 is 2.11 bits per heavy atom. The topological polar surface area (TPSA) is 55.1 Å². The summed E-state index contributed by atoms with van der Waals surface area (Å²) in [5.74, 6) is -0.910. The standard InChI is InChI=1S/C13H13ClN2O2/c1-8-3-4-10(14)5-11(8)12-6-16(7-13(17)18)15-9(12)2/h3-6H,7H2,1-2H3,(H,17,18). The Labute approximate surface area is 110 Å². The Morgan fingerprint density at radius 1 is 1.39 bits per heavy atom. The van der Waals surface area contributed by atoms with E-state index in [0.29, 0.717) is 5.02 Å². The van der Waals surface area contributed by atoms with Gasteiger partial charge in [-0.3, -0.25) is 9.48 Å². The zero-order valence-corrected chi connectivity index (χ0v) is 10.9. The number of carbonyl (C=O) groups is 1. The van der Waals surface area contributed by atoms with E-state index in [1.165, 1.54) is 4.68 Å². The number of aromatic nitrogens is 2. The molecule has 5 heteroatoms. The maximum absolute atomic E-state index is 10.7. The van der Waals surface area contributed by atoms with Crippen LogP contribution in [0.15, 0.2) is 24.4 Å². The molecule has 2 rings (SSSR count). The average molecular weight is 265 g/mol. The fraction of sp³-hybridized carbons (Fsp3) is 0.231. The molecule has 2 aromatic rings. The molecule has 18 heavy (non-hydrogen) atoms. The van der Waals surface area contributed by atoms with E-state index in [-0.39, 0.29) is 6.54 Å². The first kappa shape index (κ1) is 12.6. The van der Waals surface area contributed by atoms with Gasteiger partial charge >= 0.3 is 5.97 Å². The van der Waals surface area contributed by atoms with E-state index in [1.807, 2.05) is 32.0 Å². The normalized spacial score (nSPS) is 10.6. The Bertz CT molecular complexity index is 605. The molecule has 0 spiro atoms. The summed E-state index contributed by atoms with van der Waals surface area (Å²) < 4.78 is 1.42. The summed E-state index contributed by atoms with van der Waals surface area (Å²) in [6.45, 7) is 3.70. The Morgan fingerprint density at radius 3 is 2.78 bits per heavy atom. The van der Waals surface area contributed by atoms with Crippen LogP contribution in [0.3, 0.4) is 0 Å². The number of halogens is 1. The minimum absolute atomic E-state index is 0.138. The highest BCUT2D eigenvalue weighted by Gasteiger charge is 2.11. The average Bonchev–Trinajstić information content (AvgIpc) is 2.62. The summed E-state index contributed by atoms with van der Waals surface area (Å²) in [6.07, 6.45) is 1.74. The molecule has 94 valence electrons. The zero-order valence-electron chi connectivity index (χ0n) is 10.1. The van der Waals surface area contributed by atoms with Gasteiger partial charge in [0, 0.05) is 16.8 Å². The van der Waals surface area contributed by atoms with E-state index in [9.17, 15) is 4.79 Å². The molecule has 0 bridgehead atoms. The molecule has 4 nitrogen and oxygen atoms in total. The van der Waals surface area contributed by atoms with Crippen LogP contribution >= 0.6 is 11.6 Å². The summed E-state index contributed by atoms with van der Waals surface area (Å²) >= 11 is 5.99. The quantitative estimate of drug-likeness (QED) is 0.927. The molecular formula is C13H13ClN2O2. The lowest BCUT2D eigenvalue weighted by Crippen LogP contribution is -2.08. The highest BCUT2D eigenvalue weighted by atomic mass is 35.5. The first-order valence-electron chi connectivity index (χ1n) is 5.50. The second kappa shape index (κ2) is 4.82. The van der Waals surface area contributed by atoms with E-state index in [1.54, 1.807) is 6.20 Å². The second-order valence-electron chi connectivity index (χ2n) is 4.18. The van der Waals surface area contributed by atoms with Crippen LogP contribution in [-0.2, 0) is 11.3 Å². The first-order valence-corrected chi connectivity index (χ1v) is 5.87. The maximum atomic E-state index is 10.7. The van der Waals surface area contributed by atoms with Gasteiger partial charge < -0.3 is 5.11 Å². The predicted molar refractivity (Wildman–Crippen MR) is 69.8 cm³/mol. The van der Waals surface area contributed by atoms with Crippen molar-refractivity contribution in [2.24, 2.45) is 0 Å². The minimum atomic E-state index is -0.910. The molecule has 0 aliphatic rings. The number of carboxylic acid groups (broad SMARTS) is 1. The summed E-state index contributed by atoms with van der Waals surface area (Å²) in [6, 6.07) is 5.63. The van der Waals surface area contributed by atoms with Crippen LogP contribution < -0.4 is 0 Å². The Hall–Kier alpha value is -1.81. The number of nitrogens with zero attached hydrogens (tertiary/aromatic N) is 2. The number of hydrogen-bond donors (Lipinski definition) is 1. The SMILES string of the molecule is Cc1ccc(Cl)cc1-c1cn(CC(=O)O)nc1C. The van der Waals surface area contributed by atoms with Crippen molar-refractivity contribution in [2.45, 2.75) is 20.4 Å². The highest BCUT2D eigenvalue weighted by Crippen LogP contribution is 2.28. The van der Waals surface area contributed by atoms with Gasteiger partial charge in [0.1, 0.15) is 6.54 Å². The Kier molecular flexibility index (Phi) is 3.39. The molecule has 0 saturated carbocycles. The monoisotopic (exact) mass is 264 g/mol. The molecule has 0 unspecified atom stereocenters. The summed E-state index contributed by atoms with van der Waals surface area (Å²) in [5.41, 5.74) is 3.77. The van der Waals surface area contributed by atoms with E-state index in [2.05, 4.69) is 5.10 Å². The molecule has 0 aliphatic heterocycles. The number of aliphatic carboxylic acids is 1. The smallest absolute Gasteiger partial charge is 0.325 e. The van der Waals surface area contributed by atoms with E-state index >= 15 is 0 Å². The largest absolute Gasteiger partial charge is 0.480 e. The number of carboxylic acids is 1. The number of benzene rings is 1. The van der Waals surface area contributed by atoms with Gasteiger partial charge in [0.2, 0.25) is 0 Å². The van der Waals surface area contributed by atoms with Crippen molar-refractivity contribution in [1.82, 2.24) is 9.78 Å². The minimum Gasteiger partial charge on any atom is -0.480 e. The van der Waals surface area contributed by atoms with E-state index in [4.69, 9.17) is 16.7 Å². The fourth-order valence-electron chi connectivity index (χ4n) is 1.89. The van der Waals surface area contributed by atoms with Crippen LogP contribution in [0.25, 0.3) is 11.1 Å². The van der Waals surface area contributed by atoms with Crippen molar-refractivity contribution >= 4 is 17.6 Å². The molecule has 1 aromatic carbocycles. The third kappa shape index (κ3) is 2.54. The first-order chi connectivity index (χ1) is 8.47. The van der Waals surface area contributed by atoms with Crippen molar-refractivity contribution in [2.75, 3.05) is 0 Å². The molecule has 0 atom stereocenters. The maximum Gasteiger partial charge on any atom is 0.325 e. The molecule has 0 amide bonds.